The highest BCUT2D eigenvalue weighted by atomic mass is 16.3. The Bertz CT molecular complexity index is 2230. The molecule has 8 aromatic rings. The average Bonchev–Trinajstić information content (AvgIpc) is 3.63. The Balaban J connectivity index is 1.30. The summed E-state index contributed by atoms with van der Waals surface area (Å²) in [5.74, 6) is 0. The highest BCUT2D eigenvalue weighted by Crippen LogP contribution is 2.49. The number of nitrogens with zero attached hydrogens (tertiary/aromatic N) is 2. The summed E-state index contributed by atoms with van der Waals surface area (Å²) >= 11 is 0. The van der Waals surface area contributed by atoms with Crippen molar-refractivity contribution in [1.82, 2.24) is 9.13 Å². The largest absolute Gasteiger partial charge is 0.384 e. The van der Waals surface area contributed by atoms with Gasteiger partial charge >= 0.3 is 0 Å². The lowest BCUT2D eigenvalue weighted by Crippen LogP contribution is -2.01. The van der Waals surface area contributed by atoms with Crippen LogP contribution in [0.2, 0.25) is 0 Å². The van der Waals surface area contributed by atoms with Gasteiger partial charge in [0.15, 0.2) is 0 Å². The van der Waals surface area contributed by atoms with E-state index >= 15 is 0 Å². The molecule has 1 aliphatic carbocycles. The van der Waals surface area contributed by atoms with Crippen LogP contribution >= 0.6 is 0 Å². The Morgan fingerprint density at radius 2 is 0.925 bits per heavy atom. The number of para-hydroxylation sites is 3. The molecule has 2 aromatic heterocycles. The minimum absolute atomic E-state index is 0.658. The number of rotatable bonds is 2. The van der Waals surface area contributed by atoms with Gasteiger partial charge in [-0.15, -0.1) is 0 Å². The maximum absolute atomic E-state index is 11.6. The summed E-state index contributed by atoms with van der Waals surface area (Å²) in [7, 11) is 0. The summed E-state index contributed by atoms with van der Waals surface area (Å²) < 4.78 is 4.67. The third-order valence-electron chi connectivity index (χ3n) is 8.64. The van der Waals surface area contributed by atoms with Crippen molar-refractivity contribution in [3.63, 3.8) is 0 Å². The Morgan fingerprint density at radius 1 is 0.425 bits per heavy atom. The molecule has 1 N–H and O–H groups in total. The molecular weight excluding hydrogens is 488 g/mol. The molecule has 1 unspecified atom stereocenters. The average molecular weight is 513 g/mol. The first-order chi connectivity index (χ1) is 19.8. The quantitative estimate of drug-likeness (QED) is 0.246. The van der Waals surface area contributed by atoms with Crippen LogP contribution in [0, 0.1) is 0 Å². The van der Waals surface area contributed by atoms with Gasteiger partial charge in [-0.2, -0.15) is 0 Å². The molecule has 0 spiro atoms. The molecule has 0 fully saturated rings. The lowest BCUT2D eigenvalue weighted by Gasteiger charge is -2.14. The molecule has 3 nitrogen and oxygen atoms in total. The number of fused-ring (bicyclic) bond motifs is 10. The van der Waals surface area contributed by atoms with E-state index in [1.165, 1.54) is 27.2 Å². The van der Waals surface area contributed by atoms with E-state index in [9.17, 15) is 5.11 Å². The van der Waals surface area contributed by atoms with Crippen LogP contribution in [0.15, 0.2) is 133 Å². The summed E-state index contributed by atoms with van der Waals surface area (Å²) in [5.41, 5.74) is 11.0. The standard InChI is InChI=1S/C37H24N2O/c40-37-31-13-2-1-9-25(31)29-21-22-30-28-12-5-8-16-34(28)39(36(30)35(29)37)24-19-17-23(18-20-24)38-32-14-6-3-10-26(32)27-11-4-7-15-33(27)38/h1-22,37,40H. The maximum Gasteiger partial charge on any atom is 0.107 e. The summed E-state index contributed by atoms with van der Waals surface area (Å²) in [4.78, 5) is 0. The molecule has 0 saturated carbocycles. The SMILES string of the molecule is OC1c2ccccc2-c2ccc3c4ccccc4n(-c4ccc(-n5c6ccccc6c6ccccc65)cc4)c3c21. The molecule has 3 heteroatoms. The molecule has 0 bridgehead atoms. The number of aromatic nitrogens is 2. The van der Waals surface area contributed by atoms with Gasteiger partial charge in [-0.1, -0.05) is 91.0 Å². The van der Waals surface area contributed by atoms with Crippen LogP contribution in [0.1, 0.15) is 17.2 Å². The zero-order chi connectivity index (χ0) is 26.4. The van der Waals surface area contributed by atoms with Crippen molar-refractivity contribution in [2.24, 2.45) is 0 Å². The Morgan fingerprint density at radius 3 is 1.57 bits per heavy atom. The first-order valence-electron chi connectivity index (χ1n) is 13.7. The van der Waals surface area contributed by atoms with Crippen molar-refractivity contribution >= 4 is 43.6 Å². The van der Waals surface area contributed by atoms with Crippen LogP contribution in [0.25, 0.3) is 66.1 Å². The number of aliphatic hydroxyl groups is 1. The van der Waals surface area contributed by atoms with Gasteiger partial charge in [-0.25, -0.2) is 0 Å². The topological polar surface area (TPSA) is 30.1 Å². The second kappa shape index (κ2) is 7.95. The van der Waals surface area contributed by atoms with E-state index < -0.39 is 6.10 Å². The first-order valence-corrected chi connectivity index (χ1v) is 13.7. The van der Waals surface area contributed by atoms with Crippen LogP contribution in [0.4, 0.5) is 0 Å². The third kappa shape index (κ3) is 2.77. The van der Waals surface area contributed by atoms with Gasteiger partial charge in [0, 0.05) is 38.5 Å². The van der Waals surface area contributed by atoms with Crippen molar-refractivity contribution in [3.8, 4) is 22.5 Å². The second-order valence-corrected chi connectivity index (χ2v) is 10.7. The molecule has 0 radical (unpaired) electrons. The molecule has 0 amide bonds. The zero-order valence-electron chi connectivity index (χ0n) is 21.6. The fraction of sp³-hybridized carbons (Fsp3) is 0.0270. The van der Waals surface area contributed by atoms with Gasteiger partial charge < -0.3 is 14.2 Å². The minimum Gasteiger partial charge on any atom is -0.384 e. The molecule has 40 heavy (non-hydrogen) atoms. The predicted octanol–water partition coefficient (Wildman–Crippen LogP) is 8.94. The fourth-order valence-corrected chi connectivity index (χ4v) is 6.95. The van der Waals surface area contributed by atoms with E-state index in [0.717, 1.165) is 50.0 Å². The molecule has 2 heterocycles. The van der Waals surface area contributed by atoms with E-state index in [1.807, 2.05) is 18.2 Å². The normalized spacial score (nSPS) is 14.4. The van der Waals surface area contributed by atoms with E-state index in [-0.39, 0.29) is 0 Å². The Labute approximate surface area is 230 Å². The molecule has 188 valence electrons. The number of hydrogen-bond donors (Lipinski definition) is 1. The van der Waals surface area contributed by atoms with E-state index in [1.54, 1.807) is 0 Å². The molecule has 6 aromatic carbocycles. The number of benzene rings is 6. The molecule has 9 rings (SSSR count). The van der Waals surface area contributed by atoms with Gasteiger partial charge in [0.2, 0.25) is 0 Å². The second-order valence-electron chi connectivity index (χ2n) is 10.7. The van der Waals surface area contributed by atoms with Gasteiger partial charge in [0.1, 0.15) is 6.10 Å². The van der Waals surface area contributed by atoms with Crippen molar-refractivity contribution in [2.45, 2.75) is 6.10 Å². The Kier molecular flexibility index (Phi) is 4.33. The molecular formula is C37H24N2O. The van der Waals surface area contributed by atoms with Crippen LogP contribution in [-0.2, 0) is 0 Å². The van der Waals surface area contributed by atoms with E-state index in [4.69, 9.17) is 0 Å². The fourth-order valence-electron chi connectivity index (χ4n) is 6.95. The molecule has 1 aliphatic rings. The minimum atomic E-state index is -0.658. The number of aliphatic hydroxyl groups excluding tert-OH is 1. The van der Waals surface area contributed by atoms with Crippen LogP contribution in [-0.4, -0.2) is 14.2 Å². The van der Waals surface area contributed by atoms with Gasteiger partial charge in [-0.3, -0.25) is 0 Å². The summed E-state index contributed by atoms with van der Waals surface area (Å²) in [5, 5.41) is 16.4. The van der Waals surface area contributed by atoms with Crippen molar-refractivity contribution in [1.29, 1.82) is 0 Å². The number of hydrogen-bond acceptors (Lipinski definition) is 1. The van der Waals surface area contributed by atoms with Gasteiger partial charge in [-0.05, 0) is 59.2 Å². The van der Waals surface area contributed by atoms with Crippen molar-refractivity contribution < 1.29 is 5.11 Å². The van der Waals surface area contributed by atoms with Crippen molar-refractivity contribution in [2.75, 3.05) is 0 Å². The van der Waals surface area contributed by atoms with Crippen LogP contribution in [0.3, 0.4) is 0 Å². The first kappa shape index (κ1) is 21.8. The molecule has 1 atom stereocenters. The summed E-state index contributed by atoms with van der Waals surface area (Å²) in [6.45, 7) is 0. The summed E-state index contributed by atoms with van der Waals surface area (Å²) in [6.07, 6.45) is -0.658. The molecule has 0 aliphatic heterocycles. The third-order valence-corrected chi connectivity index (χ3v) is 8.64. The lowest BCUT2D eigenvalue weighted by atomic mass is 10.0. The van der Waals surface area contributed by atoms with E-state index in [2.05, 4.69) is 124 Å². The van der Waals surface area contributed by atoms with Gasteiger partial charge in [0.05, 0.1) is 22.1 Å². The predicted molar refractivity (Wildman–Crippen MR) is 165 cm³/mol. The van der Waals surface area contributed by atoms with Crippen molar-refractivity contribution in [3.05, 3.63) is 145 Å². The van der Waals surface area contributed by atoms with Gasteiger partial charge in [0.25, 0.3) is 0 Å². The smallest absolute Gasteiger partial charge is 0.107 e. The van der Waals surface area contributed by atoms with E-state index in [0.29, 0.717) is 0 Å². The highest BCUT2D eigenvalue weighted by molar-refractivity contribution is 6.13. The highest BCUT2D eigenvalue weighted by Gasteiger charge is 2.31. The molecule has 0 saturated heterocycles. The maximum atomic E-state index is 11.6. The summed E-state index contributed by atoms with van der Waals surface area (Å²) in [6, 6.07) is 47.2. The lowest BCUT2D eigenvalue weighted by molar-refractivity contribution is 0.226. The van der Waals surface area contributed by atoms with Crippen LogP contribution in [0.5, 0.6) is 0 Å². The monoisotopic (exact) mass is 512 g/mol. The zero-order valence-corrected chi connectivity index (χ0v) is 21.6. The van der Waals surface area contributed by atoms with Crippen LogP contribution < -0.4 is 0 Å². The Hall–Kier alpha value is -5.12.